The molecule has 0 bridgehead atoms. The van der Waals surface area contributed by atoms with Crippen LogP contribution in [0, 0.1) is 5.92 Å². The summed E-state index contributed by atoms with van der Waals surface area (Å²) in [5.74, 6) is 1.74. The fourth-order valence-electron chi connectivity index (χ4n) is 1.80. The minimum atomic E-state index is 0. The van der Waals surface area contributed by atoms with Crippen molar-refractivity contribution >= 4 is 34.2 Å². The van der Waals surface area contributed by atoms with Crippen LogP contribution < -0.4 is 10.1 Å². The van der Waals surface area contributed by atoms with Crippen LogP contribution in [0.5, 0.6) is 5.75 Å². The molecular weight excluding hydrogens is 356 g/mol. The van der Waals surface area contributed by atoms with Gasteiger partial charge in [0.15, 0.2) is 0 Å². The number of hydrogen-bond acceptors (Lipinski definition) is 3. The summed E-state index contributed by atoms with van der Waals surface area (Å²) >= 11 is 3.38. The highest BCUT2D eigenvalue weighted by Gasteiger charge is 2.20. The molecule has 1 N–H and O–H groups in total. The van der Waals surface area contributed by atoms with E-state index in [9.17, 15) is 4.79 Å². The largest absolute Gasteiger partial charge is 0.492 e. The third-order valence-corrected chi connectivity index (χ3v) is 3.87. The Bertz CT molecular complexity index is 438. The van der Waals surface area contributed by atoms with Gasteiger partial charge in [0.05, 0.1) is 13.1 Å². The smallest absolute Gasteiger partial charge is 0.236 e. The predicted molar refractivity (Wildman–Crippen MR) is 90.1 cm³/mol. The minimum Gasteiger partial charge on any atom is -0.492 e. The maximum Gasteiger partial charge on any atom is 0.236 e. The maximum atomic E-state index is 11.8. The van der Waals surface area contributed by atoms with Crippen LogP contribution in [0.15, 0.2) is 28.7 Å². The van der Waals surface area contributed by atoms with Gasteiger partial charge < -0.3 is 15.0 Å². The SMILES string of the molecule is CN(CCOc1ccc(Br)cc1)C(=O)CNCC1CC1.Cl. The molecule has 0 aromatic heterocycles. The van der Waals surface area contributed by atoms with Crippen molar-refractivity contribution in [1.82, 2.24) is 10.2 Å². The van der Waals surface area contributed by atoms with Crippen LogP contribution in [0.2, 0.25) is 0 Å². The molecule has 0 radical (unpaired) electrons. The van der Waals surface area contributed by atoms with Crippen molar-refractivity contribution in [2.45, 2.75) is 12.8 Å². The Labute approximate surface area is 140 Å². The van der Waals surface area contributed by atoms with Crippen molar-refractivity contribution in [1.29, 1.82) is 0 Å². The molecule has 118 valence electrons. The fourth-order valence-corrected chi connectivity index (χ4v) is 2.06. The molecule has 1 aromatic carbocycles. The van der Waals surface area contributed by atoms with E-state index >= 15 is 0 Å². The molecule has 0 spiro atoms. The van der Waals surface area contributed by atoms with Crippen LogP contribution >= 0.6 is 28.3 Å². The van der Waals surface area contributed by atoms with Gasteiger partial charge in [0.1, 0.15) is 12.4 Å². The Morgan fingerprint density at radius 2 is 2.05 bits per heavy atom. The number of rotatable bonds is 8. The molecule has 0 aliphatic heterocycles. The van der Waals surface area contributed by atoms with Gasteiger partial charge in [-0.3, -0.25) is 4.79 Å². The summed E-state index contributed by atoms with van der Waals surface area (Å²) in [4.78, 5) is 13.5. The molecule has 0 atom stereocenters. The summed E-state index contributed by atoms with van der Waals surface area (Å²) in [6.45, 7) is 2.49. The monoisotopic (exact) mass is 376 g/mol. The van der Waals surface area contributed by atoms with Gasteiger partial charge in [0.25, 0.3) is 0 Å². The highest BCUT2D eigenvalue weighted by atomic mass is 79.9. The number of likely N-dealkylation sites (N-methyl/N-ethyl adjacent to an activating group) is 1. The lowest BCUT2D eigenvalue weighted by molar-refractivity contribution is -0.129. The number of amides is 1. The van der Waals surface area contributed by atoms with Crippen molar-refractivity contribution in [3.63, 3.8) is 0 Å². The summed E-state index contributed by atoms with van der Waals surface area (Å²) in [5, 5.41) is 3.21. The topological polar surface area (TPSA) is 41.6 Å². The van der Waals surface area contributed by atoms with Crippen molar-refractivity contribution < 1.29 is 9.53 Å². The van der Waals surface area contributed by atoms with Crippen molar-refractivity contribution in [2.24, 2.45) is 5.92 Å². The van der Waals surface area contributed by atoms with Gasteiger partial charge >= 0.3 is 0 Å². The fraction of sp³-hybridized carbons (Fsp3) is 0.533. The first-order chi connectivity index (χ1) is 9.65. The van der Waals surface area contributed by atoms with Gasteiger partial charge in [-0.1, -0.05) is 15.9 Å². The van der Waals surface area contributed by atoms with Crippen LogP contribution in [0.3, 0.4) is 0 Å². The lowest BCUT2D eigenvalue weighted by atomic mass is 10.3. The quantitative estimate of drug-likeness (QED) is 0.757. The average molecular weight is 378 g/mol. The number of nitrogens with zero attached hydrogens (tertiary/aromatic N) is 1. The second-order valence-corrected chi connectivity index (χ2v) is 6.11. The second-order valence-electron chi connectivity index (χ2n) is 5.19. The van der Waals surface area contributed by atoms with E-state index in [0.29, 0.717) is 19.7 Å². The number of halogens is 2. The van der Waals surface area contributed by atoms with Gasteiger partial charge in [0.2, 0.25) is 5.91 Å². The van der Waals surface area contributed by atoms with Gasteiger partial charge in [0, 0.05) is 11.5 Å². The summed E-state index contributed by atoms with van der Waals surface area (Å²) in [6, 6.07) is 7.68. The van der Waals surface area contributed by atoms with E-state index in [1.54, 1.807) is 4.90 Å². The molecule has 6 heteroatoms. The lowest BCUT2D eigenvalue weighted by Gasteiger charge is -2.17. The Balaban J connectivity index is 0.00000220. The summed E-state index contributed by atoms with van der Waals surface area (Å²) in [5.41, 5.74) is 0. The molecule has 1 aliphatic carbocycles. The van der Waals surface area contributed by atoms with Crippen molar-refractivity contribution in [3.05, 3.63) is 28.7 Å². The number of nitrogens with one attached hydrogen (secondary N) is 1. The molecule has 0 saturated heterocycles. The second kappa shape index (κ2) is 9.28. The van der Waals surface area contributed by atoms with E-state index in [2.05, 4.69) is 21.2 Å². The van der Waals surface area contributed by atoms with E-state index in [1.807, 2.05) is 31.3 Å². The zero-order valence-corrected chi connectivity index (χ0v) is 14.6. The molecular formula is C15H22BrClN2O2. The number of carbonyl (C=O) groups is 1. The third kappa shape index (κ3) is 7.16. The molecule has 21 heavy (non-hydrogen) atoms. The lowest BCUT2D eigenvalue weighted by Crippen LogP contribution is -2.38. The summed E-state index contributed by atoms with van der Waals surface area (Å²) < 4.78 is 6.63. The molecule has 0 heterocycles. The zero-order valence-electron chi connectivity index (χ0n) is 12.2. The first-order valence-electron chi connectivity index (χ1n) is 6.98. The number of hydrogen-bond donors (Lipinski definition) is 1. The van der Waals surface area contributed by atoms with Crippen molar-refractivity contribution in [3.8, 4) is 5.75 Å². The van der Waals surface area contributed by atoms with E-state index in [-0.39, 0.29) is 18.3 Å². The standard InChI is InChI=1S/C15H21BrN2O2.ClH/c1-18(15(19)11-17-10-12-2-3-12)8-9-20-14-6-4-13(16)5-7-14;/h4-7,12,17H,2-3,8-11H2,1H3;1H. The van der Waals surface area contributed by atoms with Crippen molar-refractivity contribution in [2.75, 3.05) is 33.3 Å². The number of benzene rings is 1. The Morgan fingerprint density at radius 1 is 1.38 bits per heavy atom. The first-order valence-corrected chi connectivity index (χ1v) is 7.77. The van der Waals surface area contributed by atoms with Gasteiger partial charge in [-0.05, 0) is 49.6 Å². The Morgan fingerprint density at radius 3 is 2.67 bits per heavy atom. The molecule has 1 amide bonds. The minimum absolute atomic E-state index is 0. The summed E-state index contributed by atoms with van der Waals surface area (Å²) in [6.07, 6.45) is 2.61. The Hall–Kier alpha value is -0.780. The average Bonchev–Trinajstić information content (AvgIpc) is 3.25. The van der Waals surface area contributed by atoms with Gasteiger partial charge in [-0.2, -0.15) is 0 Å². The molecule has 2 rings (SSSR count). The van der Waals surface area contributed by atoms with Crippen LogP contribution in [0.4, 0.5) is 0 Å². The predicted octanol–water partition coefficient (Wildman–Crippen LogP) is 2.71. The van der Waals surface area contributed by atoms with Gasteiger partial charge in [-0.25, -0.2) is 0 Å². The maximum absolute atomic E-state index is 11.8. The number of ether oxygens (including phenoxy) is 1. The summed E-state index contributed by atoms with van der Waals surface area (Å²) in [7, 11) is 1.81. The van der Waals surface area contributed by atoms with E-state index in [4.69, 9.17) is 4.74 Å². The van der Waals surface area contributed by atoms with E-state index in [0.717, 1.165) is 22.7 Å². The van der Waals surface area contributed by atoms with Gasteiger partial charge in [-0.15, -0.1) is 12.4 Å². The molecule has 1 aliphatic rings. The normalized spacial score (nSPS) is 13.4. The molecule has 1 saturated carbocycles. The zero-order chi connectivity index (χ0) is 14.4. The Kier molecular flexibility index (Phi) is 8.07. The van der Waals surface area contributed by atoms with Crippen LogP contribution in [0.1, 0.15) is 12.8 Å². The van der Waals surface area contributed by atoms with Crippen LogP contribution in [0.25, 0.3) is 0 Å². The molecule has 1 aromatic rings. The highest BCUT2D eigenvalue weighted by molar-refractivity contribution is 9.10. The first kappa shape index (κ1) is 18.3. The van der Waals surface area contributed by atoms with Crippen LogP contribution in [-0.2, 0) is 4.79 Å². The molecule has 4 nitrogen and oxygen atoms in total. The highest BCUT2D eigenvalue weighted by Crippen LogP contribution is 2.27. The molecule has 1 fully saturated rings. The van der Waals surface area contributed by atoms with E-state index < -0.39 is 0 Å². The van der Waals surface area contributed by atoms with E-state index in [1.165, 1.54) is 12.8 Å². The van der Waals surface area contributed by atoms with Crippen LogP contribution in [-0.4, -0.2) is 44.1 Å². The third-order valence-electron chi connectivity index (χ3n) is 3.34. The molecule has 0 unspecified atom stereocenters. The number of carbonyl (C=O) groups excluding carboxylic acids is 1.